The average Bonchev–Trinajstić information content (AvgIpc) is 2.70. The number of carboxylic acids is 1. The molecular formula is C20H19ClF3N5O2. The zero-order valence-corrected chi connectivity index (χ0v) is 17.3. The van der Waals surface area contributed by atoms with Gasteiger partial charge in [-0.15, -0.1) is 0 Å². The highest BCUT2D eigenvalue weighted by Gasteiger charge is 2.34. The second-order valence-electron chi connectivity index (χ2n) is 7.08. The first-order chi connectivity index (χ1) is 14.6. The number of rotatable bonds is 7. The lowest BCUT2D eigenvalue weighted by Gasteiger charge is -2.23. The van der Waals surface area contributed by atoms with Crippen molar-refractivity contribution in [2.75, 3.05) is 11.9 Å². The quantitative estimate of drug-likeness (QED) is 0.482. The molecule has 0 saturated carbocycles. The molecule has 0 aliphatic rings. The first-order valence-corrected chi connectivity index (χ1v) is 9.65. The molecule has 1 aromatic carbocycles. The molecule has 7 nitrogen and oxygen atoms in total. The van der Waals surface area contributed by atoms with Crippen molar-refractivity contribution in [1.29, 1.82) is 0 Å². The van der Waals surface area contributed by atoms with Gasteiger partial charge in [-0.25, -0.2) is 14.8 Å². The molecule has 0 spiro atoms. The van der Waals surface area contributed by atoms with E-state index in [0.29, 0.717) is 5.56 Å². The number of fused-ring (bicyclic) bond motifs is 1. The Labute approximate surface area is 180 Å². The smallest absolute Gasteiger partial charge is 0.417 e. The van der Waals surface area contributed by atoms with E-state index in [9.17, 15) is 23.1 Å². The summed E-state index contributed by atoms with van der Waals surface area (Å²) in [6.07, 6.45) is -2.12. The molecular weight excluding hydrogens is 435 g/mol. The molecule has 0 aliphatic heterocycles. The molecule has 2 heterocycles. The third kappa shape index (κ3) is 5.20. The van der Waals surface area contributed by atoms with Gasteiger partial charge in [0.25, 0.3) is 0 Å². The fourth-order valence-corrected chi connectivity index (χ4v) is 3.21. The molecule has 0 bridgehead atoms. The van der Waals surface area contributed by atoms with Gasteiger partial charge in [-0.1, -0.05) is 31.5 Å². The third-order valence-electron chi connectivity index (χ3n) is 4.49. The molecule has 0 fully saturated rings. The lowest BCUT2D eigenvalue weighted by Crippen LogP contribution is -2.31. The molecule has 0 aliphatic carbocycles. The van der Waals surface area contributed by atoms with E-state index in [2.05, 4.69) is 25.6 Å². The summed E-state index contributed by atoms with van der Waals surface area (Å²) in [5.74, 6) is -0.977. The third-order valence-corrected chi connectivity index (χ3v) is 4.82. The first-order valence-electron chi connectivity index (χ1n) is 9.27. The van der Waals surface area contributed by atoms with Crippen LogP contribution in [0.25, 0.3) is 11.0 Å². The van der Waals surface area contributed by atoms with Crippen LogP contribution in [0.3, 0.4) is 0 Å². The number of hydrogen-bond donors (Lipinski definition) is 3. The standard InChI is InChI=1S/C20H19ClF3N5O2/c1-10(2)26-8-15(11-3-4-14(21)13(7-11)20(22,23)24)29-18-17-16(27-9-28-18)12(19(30)31)5-6-25-17/h3-7,9-10,15,26H,8H2,1-2H3,(H,30,31)(H,27,28,29)/t15-/m1/s1. The van der Waals surface area contributed by atoms with Crippen LogP contribution in [0.2, 0.25) is 5.02 Å². The van der Waals surface area contributed by atoms with Crippen LogP contribution in [0.1, 0.15) is 41.4 Å². The normalized spacial score (nSPS) is 12.9. The number of hydrogen-bond acceptors (Lipinski definition) is 6. The maximum absolute atomic E-state index is 13.4. The fraction of sp³-hybridized carbons (Fsp3) is 0.300. The summed E-state index contributed by atoms with van der Waals surface area (Å²) >= 11 is 5.76. The van der Waals surface area contributed by atoms with E-state index in [1.807, 2.05) is 13.8 Å². The van der Waals surface area contributed by atoms with Crippen molar-refractivity contribution in [2.24, 2.45) is 0 Å². The summed E-state index contributed by atoms with van der Waals surface area (Å²) in [5.41, 5.74) is -0.358. The van der Waals surface area contributed by atoms with Gasteiger partial charge in [-0.05, 0) is 23.8 Å². The second-order valence-corrected chi connectivity index (χ2v) is 7.49. The predicted octanol–water partition coefficient (Wildman–Crippen LogP) is 4.55. The molecule has 3 N–H and O–H groups in total. The van der Waals surface area contributed by atoms with Gasteiger partial charge in [-0.2, -0.15) is 13.2 Å². The Kier molecular flexibility index (Phi) is 6.61. The maximum Gasteiger partial charge on any atom is 0.417 e. The number of anilines is 1. The number of aromatic nitrogens is 3. The number of aromatic carboxylic acids is 1. The molecule has 3 rings (SSSR count). The van der Waals surface area contributed by atoms with E-state index in [1.165, 1.54) is 30.7 Å². The summed E-state index contributed by atoms with van der Waals surface area (Å²) in [5, 5.41) is 15.2. The van der Waals surface area contributed by atoms with Gasteiger partial charge in [-0.3, -0.25) is 4.98 Å². The van der Waals surface area contributed by atoms with Crippen LogP contribution >= 0.6 is 11.6 Å². The van der Waals surface area contributed by atoms with Crippen molar-refractivity contribution in [3.05, 3.63) is 58.5 Å². The number of halogens is 4. The van der Waals surface area contributed by atoms with E-state index in [-0.39, 0.29) is 35.0 Å². The largest absolute Gasteiger partial charge is 0.478 e. The van der Waals surface area contributed by atoms with Crippen molar-refractivity contribution in [3.63, 3.8) is 0 Å². The number of carbonyl (C=O) groups is 1. The molecule has 0 amide bonds. The molecule has 0 unspecified atom stereocenters. The maximum atomic E-state index is 13.4. The van der Waals surface area contributed by atoms with Gasteiger partial charge in [0.1, 0.15) is 17.4 Å². The minimum absolute atomic E-state index is 0.0573. The first kappa shape index (κ1) is 22.7. The Morgan fingerprint density at radius 3 is 2.55 bits per heavy atom. The van der Waals surface area contributed by atoms with Crippen LogP contribution in [0.15, 0.2) is 36.8 Å². The Morgan fingerprint density at radius 2 is 1.90 bits per heavy atom. The minimum Gasteiger partial charge on any atom is -0.478 e. The van der Waals surface area contributed by atoms with Crippen molar-refractivity contribution in [2.45, 2.75) is 32.1 Å². The van der Waals surface area contributed by atoms with Gasteiger partial charge in [0.15, 0.2) is 5.82 Å². The number of nitrogens with one attached hydrogen (secondary N) is 2. The van der Waals surface area contributed by atoms with Crippen LogP contribution in [0, 0.1) is 0 Å². The molecule has 0 radical (unpaired) electrons. The molecule has 31 heavy (non-hydrogen) atoms. The Bertz CT molecular complexity index is 1110. The van der Waals surface area contributed by atoms with E-state index in [1.54, 1.807) is 0 Å². The van der Waals surface area contributed by atoms with Crippen molar-refractivity contribution in [3.8, 4) is 0 Å². The lowest BCUT2D eigenvalue weighted by molar-refractivity contribution is -0.137. The minimum atomic E-state index is -4.61. The van der Waals surface area contributed by atoms with Crippen LogP contribution in [0.4, 0.5) is 19.0 Å². The number of nitrogens with zero attached hydrogens (tertiary/aromatic N) is 3. The number of carboxylic acid groups (broad SMARTS) is 1. The van der Waals surface area contributed by atoms with Gasteiger partial charge < -0.3 is 15.7 Å². The molecule has 2 aromatic heterocycles. The van der Waals surface area contributed by atoms with Gasteiger partial charge in [0.2, 0.25) is 0 Å². The van der Waals surface area contributed by atoms with Gasteiger partial charge in [0, 0.05) is 18.8 Å². The van der Waals surface area contributed by atoms with Crippen molar-refractivity contribution < 1.29 is 23.1 Å². The molecule has 1 atom stereocenters. The van der Waals surface area contributed by atoms with E-state index < -0.39 is 28.8 Å². The SMILES string of the molecule is CC(C)NC[C@@H](Nc1ncnc2c(C(=O)O)ccnc12)c1ccc(Cl)c(C(F)(F)F)c1. The summed E-state index contributed by atoms with van der Waals surface area (Å²) < 4.78 is 40.1. The average molecular weight is 454 g/mol. The highest BCUT2D eigenvalue weighted by molar-refractivity contribution is 6.31. The van der Waals surface area contributed by atoms with E-state index in [0.717, 1.165) is 6.07 Å². The van der Waals surface area contributed by atoms with Crippen LogP contribution in [-0.4, -0.2) is 38.6 Å². The molecule has 11 heteroatoms. The summed E-state index contributed by atoms with van der Waals surface area (Å²) in [7, 11) is 0. The number of alkyl halides is 3. The summed E-state index contributed by atoms with van der Waals surface area (Å²) in [6, 6.07) is 4.42. The zero-order chi connectivity index (χ0) is 22.8. The second kappa shape index (κ2) is 9.03. The highest BCUT2D eigenvalue weighted by Crippen LogP contribution is 2.36. The molecule has 3 aromatic rings. The predicted molar refractivity (Wildman–Crippen MR) is 110 cm³/mol. The molecule has 0 saturated heterocycles. The van der Waals surface area contributed by atoms with Gasteiger partial charge >= 0.3 is 12.1 Å². The Balaban J connectivity index is 2.06. The molecule has 164 valence electrons. The Morgan fingerprint density at radius 1 is 1.16 bits per heavy atom. The van der Waals surface area contributed by atoms with Crippen molar-refractivity contribution in [1.82, 2.24) is 20.3 Å². The monoisotopic (exact) mass is 453 g/mol. The number of benzene rings is 1. The van der Waals surface area contributed by atoms with Crippen LogP contribution in [0.5, 0.6) is 0 Å². The zero-order valence-electron chi connectivity index (χ0n) is 16.5. The number of pyridine rings is 1. The highest BCUT2D eigenvalue weighted by atomic mass is 35.5. The summed E-state index contributed by atoms with van der Waals surface area (Å²) in [6.45, 7) is 4.07. The van der Waals surface area contributed by atoms with Crippen LogP contribution in [-0.2, 0) is 6.18 Å². The Hall–Kier alpha value is -2.98. The lowest BCUT2D eigenvalue weighted by atomic mass is 10.0. The fourth-order valence-electron chi connectivity index (χ4n) is 2.99. The van der Waals surface area contributed by atoms with Crippen LogP contribution < -0.4 is 10.6 Å². The van der Waals surface area contributed by atoms with Crippen molar-refractivity contribution >= 4 is 34.4 Å². The summed E-state index contributed by atoms with van der Waals surface area (Å²) in [4.78, 5) is 23.8. The van der Waals surface area contributed by atoms with E-state index >= 15 is 0 Å². The van der Waals surface area contributed by atoms with E-state index in [4.69, 9.17) is 11.6 Å². The topological polar surface area (TPSA) is 100 Å². The van der Waals surface area contributed by atoms with Gasteiger partial charge in [0.05, 0.1) is 22.2 Å².